The summed E-state index contributed by atoms with van der Waals surface area (Å²) in [5.74, 6) is 0.292. The largest absolute Gasteiger partial charge is 0.495 e. The highest BCUT2D eigenvalue weighted by atomic mass is 16.5. The second-order valence-corrected chi connectivity index (χ2v) is 3.77. The van der Waals surface area contributed by atoms with Crippen molar-refractivity contribution in [3.05, 3.63) is 54.1 Å². The third kappa shape index (κ3) is 2.60. The van der Waals surface area contributed by atoms with Crippen molar-refractivity contribution in [2.75, 3.05) is 12.4 Å². The lowest BCUT2D eigenvalue weighted by molar-refractivity contribution is 0.100. The Morgan fingerprint density at radius 1 is 1.17 bits per heavy atom. The van der Waals surface area contributed by atoms with Gasteiger partial charge < -0.3 is 15.8 Å². The Bertz CT molecular complexity index is 567. The number of amides is 1. The molecule has 0 saturated carbocycles. The van der Waals surface area contributed by atoms with E-state index < -0.39 is 5.91 Å². The normalized spacial score (nSPS) is 9.83. The van der Waals surface area contributed by atoms with Crippen LogP contribution in [0.4, 0.5) is 11.4 Å². The Morgan fingerprint density at radius 3 is 2.67 bits per heavy atom. The summed E-state index contributed by atoms with van der Waals surface area (Å²) in [6.45, 7) is 0. The minimum absolute atomic E-state index is 0.446. The van der Waals surface area contributed by atoms with Crippen LogP contribution >= 0.6 is 0 Å². The first-order valence-corrected chi connectivity index (χ1v) is 5.50. The van der Waals surface area contributed by atoms with Gasteiger partial charge in [-0.1, -0.05) is 18.2 Å². The zero-order chi connectivity index (χ0) is 13.0. The zero-order valence-electron chi connectivity index (χ0n) is 10.0. The van der Waals surface area contributed by atoms with Crippen LogP contribution in [0.25, 0.3) is 0 Å². The maximum absolute atomic E-state index is 11.1. The van der Waals surface area contributed by atoms with E-state index in [0.717, 1.165) is 17.1 Å². The molecule has 0 aliphatic rings. The number of nitrogens with one attached hydrogen (secondary N) is 1. The molecule has 1 amide bonds. The summed E-state index contributed by atoms with van der Waals surface area (Å²) in [7, 11) is 1.61. The van der Waals surface area contributed by atoms with Gasteiger partial charge >= 0.3 is 0 Å². The summed E-state index contributed by atoms with van der Waals surface area (Å²) in [5.41, 5.74) is 7.33. The number of carbonyl (C=O) groups excluding carboxylic acids is 1. The monoisotopic (exact) mass is 242 g/mol. The first-order valence-electron chi connectivity index (χ1n) is 5.50. The van der Waals surface area contributed by atoms with E-state index in [4.69, 9.17) is 10.5 Å². The summed E-state index contributed by atoms with van der Waals surface area (Å²) >= 11 is 0. The molecule has 0 heterocycles. The van der Waals surface area contributed by atoms with E-state index in [-0.39, 0.29) is 0 Å². The molecule has 4 nitrogen and oxygen atoms in total. The number of methoxy groups -OCH3 is 1. The molecular formula is C14H14N2O2. The molecule has 0 aliphatic heterocycles. The van der Waals surface area contributed by atoms with E-state index in [1.165, 1.54) is 0 Å². The molecule has 0 atom stereocenters. The second-order valence-electron chi connectivity index (χ2n) is 3.77. The number of anilines is 2. The third-order valence-corrected chi connectivity index (χ3v) is 2.53. The van der Waals surface area contributed by atoms with Crippen LogP contribution in [-0.4, -0.2) is 13.0 Å². The van der Waals surface area contributed by atoms with Crippen molar-refractivity contribution >= 4 is 17.3 Å². The number of hydrogen-bond acceptors (Lipinski definition) is 3. The molecule has 0 radical (unpaired) electrons. The average Bonchev–Trinajstić information content (AvgIpc) is 2.39. The lowest BCUT2D eigenvalue weighted by Gasteiger charge is -2.11. The summed E-state index contributed by atoms with van der Waals surface area (Å²) in [6, 6.07) is 14.6. The number of benzene rings is 2. The fourth-order valence-corrected chi connectivity index (χ4v) is 1.65. The Balaban J connectivity index is 2.28. The van der Waals surface area contributed by atoms with Gasteiger partial charge in [0.15, 0.2) is 0 Å². The molecule has 0 fully saturated rings. The molecule has 0 bridgehead atoms. The number of ether oxygens (including phenoxy) is 1. The van der Waals surface area contributed by atoms with E-state index in [0.29, 0.717) is 5.56 Å². The summed E-state index contributed by atoms with van der Waals surface area (Å²) in [6.07, 6.45) is 0. The van der Waals surface area contributed by atoms with Gasteiger partial charge in [0.1, 0.15) is 5.75 Å². The molecule has 2 aromatic carbocycles. The van der Waals surface area contributed by atoms with Gasteiger partial charge in [-0.05, 0) is 30.3 Å². The zero-order valence-corrected chi connectivity index (χ0v) is 10.0. The Kier molecular flexibility index (Phi) is 3.48. The number of rotatable bonds is 4. The third-order valence-electron chi connectivity index (χ3n) is 2.53. The standard InChI is InChI=1S/C14H14N2O2/c1-18-13-8-3-2-7-12(13)16-11-6-4-5-10(9-11)14(15)17/h2-9,16H,1H3,(H2,15,17). The second kappa shape index (κ2) is 5.23. The molecular weight excluding hydrogens is 228 g/mol. The molecule has 0 unspecified atom stereocenters. The molecule has 2 rings (SSSR count). The number of primary amides is 1. The molecule has 0 spiro atoms. The van der Waals surface area contributed by atoms with Gasteiger partial charge in [-0.25, -0.2) is 0 Å². The van der Waals surface area contributed by atoms with Gasteiger partial charge in [-0.2, -0.15) is 0 Å². The van der Waals surface area contributed by atoms with Crippen molar-refractivity contribution in [2.24, 2.45) is 5.73 Å². The molecule has 3 N–H and O–H groups in total. The molecule has 18 heavy (non-hydrogen) atoms. The quantitative estimate of drug-likeness (QED) is 0.865. The van der Waals surface area contributed by atoms with Gasteiger partial charge in [0.05, 0.1) is 12.8 Å². The van der Waals surface area contributed by atoms with Crippen molar-refractivity contribution < 1.29 is 9.53 Å². The van der Waals surface area contributed by atoms with Crippen molar-refractivity contribution in [3.8, 4) is 5.75 Å². The fourth-order valence-electron chi connectivity index (χ4n) is 1.65. The molecule has 2 aromatic rings. The van der Waals surface area contributed by atoms with E-state index in [9.17, 15) is 4.79 Å². The maximum atomic E-state index is 11.1. The van der Waals surface area contributed by atoms with Crippen LogP contribution in [-0.2, 0) is 0 Å². The van der Waals surface area contributed by atoms with Crippen molar-refractivity contribution in [1.82, 2.24) is 0 Å². The molecule has 4 heteroatoms. The van der Waals surface area contributed by atoms with Gasteiger partial charge in [0, 0.05) is 11.3 Å². The Hall–Kier alpha value is -2.49. The topological polar surface area (TPSA) is 64.3 Å². The number of para-hydroxylation sites is 2. The molecule has 92 valence electrons. The van der Waals surface area contributed by atoms with Crippen LogP contribution in [0.2, 0.25) is 0 Å². The predicted octanol–water partition coefficient (Wildman–Crippen LogP) is 2.54. The number of carbonyl (C=O) groups is 1. The molecule has 0 saturated heterocycles. The number of nitrogens with two attached hydrogens (primary N) is 1. The Morgan fingerprint density at radius 2 is 1.94 bits per heavy atom. The molecule has 0 aliphatic carbocycles. The number of hydrogen-bond donors (Lipinski definition) is 2. The highest BCUT2D eigenvalue weighted by Crippen LogP contribution is 2.27. The fraction of sp³-hybridized carbons (Fsp3) is 0.0714. The van der Waals surface area contributed by atoms with E-state index >= 15 is 0 Å². The van der Waals surface area contributed by atoms with E-state index in [1.54, 1.807) is 25.3 Å². The van der Waals surface area contributed by atoms with Crippen molar-refractivity contribution in [1.29, 1.82) is 0 Å². The van der Waals surface area contributed by atoms with Gasteiger partial charge in [0.25, 0.3) is 0 Å². The van der Waals surface area contributed by atoms with Crippen LogP contribution in [0.3, 0.4) is 0 Å². The highest BCUT2D eigenvalue weighted by molar-refractivity contribution is 5.94. The van der Waals surface area contributed by atoms with E-state index in [1.807, 2.05) is 30.3 Å². The molecule has 0 aromatic heterocycles. The Labute approximate surface area is 105 Å². The summed E-state index contributed by atoms with van der Waals surface area (Å²) in [5, 5.41) is 3.19. The first-order chi connectivity index (χ1) is 8.70. The maximum Gasteiger partial charge on any atom is 0.248 e. The lowest BCUT2D eigenvalue weighted by atomic mass is 10.2. The lowest BCUT2D eigenvalue weighted by Crippen LogP contribution is -2.10. The van der Waals surface area contributed by atoms with Crippen LogP contribution in [0.5, 0.6) is 5.75 Å². The van der Waals surface area contributed by atoms with Crippen LogP contribution in [0, 0.1) is 0 Å². The van der Waals surface area contributed by atoms with Crippen LogP contribution in [0.15, 0.2) is 48.5 Å². The predicted molar refractivity (Wildman–Crippen MR) is 71.2 cm³/mol. The average molecular weight is 242 g/mol. The first kappa shape index (κ1) is 12.0. The summed E-state index contributed by atoms with van der Waals surface area (Å²) in [4.78, 5) is 11.1. The van der Waals surface area contributed by atoms with Crippen LogP contribution in [0.1, 0.15) is 10.4 Å². The smallest absolute Gasteiger partial charge is 0.248 e. The van der Waals surface area contributed by atoms with E-state index in [2.05, 4.69) is 5.32 Å². The summed E-state index contributed by atoms with van der Waals surface area (Å²) < 4.78 is 5.24. The minimum atomic E-state index is -0.446. The highest BCUT2D eigenvalue weighted by Gasteiger charge is 2.04. The van der Waals surface area contributed by atoms with Gasteiger partial charge in [-0.3, -0.25) is 4.79 Å². The van der Waals surface area contributed by atoms with Crippen molar-refractivity contribution in [2.45, 2.75) is 0 Å². The van der Waals surface area contributed by atoms with Crippen molar-refractivity contribution in [3.63, 3.8) is 0 Å². The SMILES string of the molecule is COc1ccccc1Nc1cccc(C(N)=O)c1. The minimum Gasteiger partial charge on any atom is -0.495 e. The van der Waals surface area contributed by atoms with Gasteiger partial charge in [-0.15, -0.1) is 0 Å². The van der Waals surface area contributed by atoms with Crippen LogP contribution < -0.4 is 15.8 Å². The van der Waals surface area contributed by atoms with Gasteiger partial charge in [0.2, 0.25) is 5.91 Å².